The second kappa shape index (κ2) is 11.2. The van der Waals surface area contributed by atoms with E-state index in [1.54, 1.807) is 0 Å². The monoisotopic (exact) mass is 682 g/mol. The van der Waals surface area contributed by atoms with Gasteiger partial charge in [-0.05, 0) is 120 Å². The van der Waals surface area contributed by atoms with E-state index < -0.39 is 0 Å². The highest BCUT2D eigenvalue weighted by Gasteiger charge is 2.41. The van der Waals surface area contributed by atoms with Gasteiger partial charge in [0.25, 0.3) is 0 Å². The predicted molar refractivity (Wildman–Crippen MR) is 226 cm³/mol. The average Bonchev–Trinajstić information content (AvgIpc) is 3.67. The van der Waals surface area contributed by atoms with Crippen LogP contribution in [0.3, 0.4) is 0 Å². The summed E-state index contributed by atoms with van der Waals surface area (Å²) in [5, 5.41) is 10.9. The third-order valence-corrected chi connectivity index (χ3v) is 13.4. The molecule has 1 heteroatoms. The molecule has 0 nitrogen and oxygen atoms in total. The van der Waals surface area contributed by atoms with Crippen LogP contribution in [0.5, 0.6) is 0 Å². The van der Waals surface area contributed by atoms with Gasteiger partial charge in [-0.3, -0.25) is 0 Å². The summed E-state index contributed by atoms with van der Waals surface area (Å²) in [5.41, 5.74) is 12.7. The van der Waals surface area contributed by atoms with Gasteiger partial charge in [0.05, 0.1) is 0 Å². The summed E-state index contributed by atoms with van der Waals surface area (Å²) < 4.78 is 2.74. The average molecular weight is 683 g/mol. The van der Waals surface area contributed by atoms with E-state index >= 15 is 0 Å². The molecule has 1 heterocycles. The third kappa shape index (κ3) is 4.33. The van der Waals surface area contributed by atoms with Gasteiger partial charge in [0.1, 0.15) is 0 Å². The van der Waals surface area contributed by atoms with Crippen molar-refractivity contribution in [2.24, 2.45) is 5.92 Å². The zero-order valence-corrected chi connectivity index (χ0v) is 30.4. The molecule has 1 atom stereocenters. The second-order valence-corrected chi connectivity index (χ2v) is 16.5. The fourth-order valence-electron chi connectivity index (χ4n) is 9.92. The molecule has 0 saturated carbocycles. The van der Waals surface area contributed by atoms with E-state index in [1.807, 2.05) is 11.3 Å². The molecule has 3 aliphatic carbocycles. The van der Waals surface area contributed by atoms with Crippen LogP contribution in [-0.2, 0) is 5.41 Å². The normalized spacial score (nSPS) is 18.0. The van der Waals surface area contributed by atoms with Crippen molar-refractivity contribution in [1.29, 1.82) is 0 Å². The van der Waals surface area contributed by atoms with Gasteiger partial charge in [-0.25, -0.2) is 0 Å². The van der Waals surface area contributed by atoms with Crippen molar-refractivity contribution >= 4 is 75.0 Å². The van der Waals surface area contributed by atoms with Gasteiger partial charge in [0.15, 0.2) is 0 Å². The maximum Gasteiger partial charge on any atom is 0.0361 e. The largest absolute Gasteiger partial charge is 0.135 e. The van der Waals surface area contributed by atoms with Crippen molar-refractivity contribution in [2.75, 3.05) is 0 Å². The molecule has 8 aromatic rings. The van der Waals surface area contributed by atoms with Crippen LogP contribution in [0.25, 0.3) is 74.8 Å². The fraction of sp³-hybridized carbons (Fsp3) is 0.137. The number of hydrogen-bond donors (Lipinski definition) is 0. The van der Waals surface area contributed by atoms with E-state index in [2.05, 4.69) is 166 Å². The zero-order chi connectivity index (χ0) is 34.6. The Kier molecular flexibility index (Phi) is 6.52. The summed E-state index contributed by atoms with van der Waals surface area (Å²) in [4.78, 5) is 0. The number of allylic oxidation sites excluding steroid dienone is 8. The van der Waals surface area contributed by atoms with Crippen LogP contribution in [0, 0.1) is 5.92 Å². The molecule has 0 fully saturated rings. The minimum atomic E-state index is -0.0502. The van der Waals surface area contributed by atoms with Crippen molar-refractivity contribution < 1.29 is 0 Å². The molecule has 0 amide bonds. The van der Waals surface area contributed by atoms with E-state index in [9.17, 15) is 0 Å². The molecule has 1 aromatic heterocycles. The van der Waals surface area contributed by atoms with Crippen LogP contribution < -0.4 is 0 Å². The summed E-state index contributed by atoms with van der Waals surface area (Å²) in [6, 6.07) is 47.6. The Balaban J connectivity index is 1.04. The Labute approximate surface area is 308 Å². The maximum absolute atomic E-state index is 2.62. The van der Waals surface area contributed by atoms with Gasteiger partial charge in [0, 0.05) is 31.5 Å². The molecule has 0 bridgehead atoms. The quantitative estimate of drug-likeness (QED) is 0.163. The standard InChI is InChI=1S/C51H38S/c1-51(2)45-26-24-33(28-43(45)41-25-23-34-29-47-44(30-42(34)50(41)51)36-17-10-11-22-46(36)52-47)32-15-12-16-35(27-32)49-39-20-8-6-18-37(39)48(31-13-4-3-5-14-31)38-19-7-9-21-40(38)49/h3-11,13-15,17-23,25-30,33H,12,16,24H2,1-2H3. The van der Waals surface area contributed by atoms with Gasteiger partial charge in [0.2, 0.25) is 0 Å². The van der Waals surface area contributed by atoms with Crippen molar-refractivity contribution in [3.63, 3.8) is 0 Å². The highest BCUT2D eigenvalue weighted by Crippen LogP contribution is 2.56. The lowest BCUT2D eigenvalue weighted by Gasteiger charge is -2.28. The zero-order valence-electron chi connectivity index (χ0n) is 29.5. The molecule has 248 valence electrons. The molecule has 0 radical (unpaired) electrons. The SMILES string of the molecule is CC1(C)C2=CCC(C3=CCCC(c4c5ccccc5c(-c5ccccc5)c5ccccc45)=C3)C=C2c2ccc3cc4sc5ccccc5c4cc3c21. The Morgan fingerprint density at radius 3 is 2.02 bits per heavy atom. The summed E-state index contributed by atoms with van der Waals surface area (Å²) >= 11 is 1.91. The highest BCUT2D eigenvalue weighted by atomic mass is 32.1. The van der Waals surface area contributed by atoms with Crippen molar-refractivity contribution in [2.45, 2.75) is 38.5 Å². The topological polar surface area (TPSA) is 0 Å². The van der Waals surface area contributed by atoms with Gasteiger partial charge < -0.3 is 0 Å². The van der Waals surface area contributed by atoms with Crippen LogP contribution in [0.4, 0.5) is 0 Å². The van der Waals surface area contributed by atoms with Crippen LogP contribution in [0.1, 0.15) is 49.8 Å². The van der Waals surface area contributed by atoms with Crippen LogP contribution in [0.15, 0.2) is 163 Å². The summed E-state index contributed by atoms with van der Waals surface area (Å²) in [7, 11) is 0. The van der Waals surface area contributed by atoms with Crippen molar-refractivity contribution in [1.82, 2.24) is 0 Å². The van der Waals surface area contributed by atoms with Gasteiger partial charge in [-0.2, -0.15) is 0 Å². The van der Waals surface area contributed by atoms with Crippen LogP contribution in [-0.4, -0.2) is 0 Å². The molecule has 0 N–H and O–H groups in total. The van der Waals surface area contributed by atoms with Gasteiger partial charge in [-0.15, -0.1) is 11.3 Å². The van der Waals surface area contributed by atoms with E-state index in [1.165, 1.54) is 103 Å². The molecule has 0 aliphatic heterocycles. The minimum Gasteiger partial charge on any atom is -0.135 e. The van der Waals surface area contributed by atoms with E-state index in [4.69, 9.17) is 0 Å². The first kappa shape index (κ1) is 30.2. The number of fused-ring (bicyclic) bond motifs is 10. The van der Waals surface area contributed by atoms with Crippen molar-refractivity contribution in [3.05, 3.63) is 180 Å². The van der Waals surface area contributed by atoms with Gasteiger partial charge in [-0.1, -0.05) is 147 Å². The lowest BCUT2D eigenvalue weighted by molar-refractivity contribution is 0.650. The number of thiophene rings is 1. The molecule has 3 aliphatic rings. The van der Waals surface area contributed by atoms with E-state index in [-0.39, 0.29) is 5.41 Å². The first-order chi connectivity index (χ1) is 25.5. The molecule has 0 saturated heterocycles. The Bertz CT molecular complexity index is 2880. The first-order valence-corrected chi connectivity index (χ1v) is 19.6. The molecule has 7 aromatic carbocycles. The lowest BCUT2D eigenvalue weighted by Crippen LogP contribution is -2.17. The summed E-state index contributed by atoms with van der Waals surface area (Å²) in [6.07, 6.45) is 13.4. The summed E-state index contributed by atoms with van der Waals surface area (Å²) in [5.74, 6) is 0.357. The first-order valence-electron chi connectivity index (χ1n) is 18.8. The third-order valence-electron chi connectivity index (χ3n) is 12.2. The summed E-state index contributed by atoms with van der Waals surface area (Å²) in [6.45, 7) is 4.89. The second-order valence-electron chi connectivity index (χ2n) is 15.4. The molecular weight excluding hydrogens is 645 g/mol. The molecule has 52 heavy (non-hydrogen) atoms. The van der Waals surface area contributed by atoms with E-state index in [0.717, 1.165) is 19.3 Å². The smallest absolute Gasteiger partial charge is 0.0361 e. The van der Waals surface area contributed by atoms with Crippen molar-refractivity contribution in [3.8, 4) is 11.1 Å². The molecule has 11 rings (SSSR count). The molecular formula is C51H38S. The molecule has 1 unspecified atom stereocenters. The lowest BCUT2D eigenvalue weighted by atomic mass is 9.75. The Hall–Kier alpha value is -5.50. The van der Waals surface area contributed by atoms with Crippen LogP contribution >= 0.6 is 11.3 Å². The number of hydrogen-bond acceptors (Lipinski definition) is 1. The maximum atomic E-state index is 2.62. The minimum absolute atomic E-state index is 0.0502. The highest BCUT2D eigenvalue weighted by molar-refractivity contribution is 7.25. The predicted octanol–water partition coefficient (Wildman–Crippen LogP) is 14.6. The van der Waals surface area contributed by atoms with Crippen LogP contribution in [0.2, 0.25) is 0 Å². The molecule has 0 spiro atoms. The van der Waals surface area contributed by atoms with E-state index in [0.29, 0.717) is 5.92 Å². The number of benzene rings is 7. The Morgan fingerprint density at radius 2 is 1.27 bits per heavy atom. The van der Waals surface area contributed by atoms with Gasteiger partial charge >= 0.3 is 0 Å². The fourth-order valence-corrected chi connectivity index (χ4v) is 11.1. The Morgan fingerprint density at radius 1 is 0.596 bits per heavy atom. The number of rotatable bonds is 3.